The van der Waals surface area contributed by atoms with Gasteiger partial charge in [0, 0.05) is 30.7 Å². The number of aryl methyl sites for hydroxylation is 1. The fraction of sp³-hybridized carbons (Fsp3) is 0.444. The van der Waals surface area contributed by atoms with Crippen LogP contribution in [-0.4, -0.2) is 59.6 Å². The first kappa shape index (κ1) is 25.1. The third kappa shape index (κ3) is 6.14. The summed E-state index contributed by atoms with van der Waals surface area (Å²) in [5.41, 5.74) is 5.61. The summed E-state index contributed by atoms with van der Waals surface area (Å²) in [7, 11) is 0. The Balaban J connectivity index is 1.42. The summed E-state index contributed by atoms with van der Waals surface area (Å²) < 4.78 is 0. The van der Waals surface area contributed by atoms with Crippen molar-refractivity contribution < 1.29 is 9.90 Å². The van der Waals surface area contributed by atoms with Crippen LogP contribution < -0.4 is 5.32 Å². The largest absolute Gasteiger partial charge is 0.480 e. The van der Waals surface area contributed by atoms with E-state index in [4.69, 9.17) is 28.3 Å². The molecule has 0 amide bonds. The van der Waals surface area contributed by atoms with Crippen LogP contribution in [0.3, 0.4) is 0 Å². The minimum absolute atomic E-state index is 0.0247. The van der Waals surface area contributed by atoms with Crippen LogP contribution in [0.2, 0.25) is 10.0 Å². The average Bonchev–Trinajstić information content (AvgIpc) is 2.80. The predicted octanol–water partition coefficient (Wildman–Crippen LogP) is 6.11. The maximum absolute atomic E-state index is 11.1. The number of carboxylic acid groups (broad SMARTS) is 1. The molecule has 1 fully saturated rings. The van der Waals surface area contributed by atoms with Crippen molar-refractivity contribution in [1.29, 1.82) is 0 Å². The molecule has 0 unspecified atom stereocenters. The Labute approximate surface area is 212 Å². The normalized spacial score (nSPS) is 20.6. The first-order valence-electron chi connectivity index (χ1n) is 12.0. The molecule has 182 valence electrons. The summed E-state index contributed by atoms with van der Waals surface area (Å²) >= 11 is 13.0. The molecule has 0 saturated carbocycles. The van der Waals surface area contributed by atoms with Crippen molar-refractivity contribution in [3.05, 3.63) is 69.2 Å². The molecule has 2 aliphatic rings. The molecule has 2 aromatic carbocycles. The Morgan fingerprint density at radius 3 is 2.71 bits per heavy atom. The van der Waals surface area contributed by atoms with Crippen molar-refractivity contribution in [2.45, 2.75) is 45.2 Å². The van der Waals surface area contributed by atoms with Crippen LogP contribution in [0.15, 0.2) is 42.5 Å². The van der Waals surface area contributed by atoms with Gasteiger partial charge in [-0.25, -0.2) is 0 Å². The molecule has 7 heteroatoms. The zero-order valence-corrected chi connectivity index (χ0v) is 21.4. The van der Waals surface area contributed by atoms with Gasteiger partial charge in [-0.2, -0.15) is 0 Å². The van der Waals surface area contributed by atoms with Crippen LogP contribution in [-0.2, 0) is 4.79 Å². The number of likely N-dealkylation sites (tertiary alicyclic amines) is 1. The Bertz CT molecular complexity index is 1070. The van der Waals surface area contributed by atoms with Gasteiger partial charge in [0.15, 0.2) is 0 Å². The number of carboxylic acids is 1. The number of hydrogen-bond donors (Lipinski definition) is 2. The fourth-order valence-corrected chi connectivity index (χ4v) is 5.64. The monoisotopic (exact) mass is 501 g/mol. The van der Waals surface area contributed by atoms with Gasteiger partial charge in [-0.1, -0.05) is 47.5 Å². The summed E-state index contributed by atoms with van der Waals surface area (Å²) in [6.07, 6.45) is 5.47. The molecule has 2 aliphatic heterocycles. The van der Waals surface area contributed by atoms with E-state index < -0.39 is 5.97 Å². The second-order valence-electron chi connectivity index (χ2n) is 9.48. The molecular weight excluding hydrogens is 469 g/mol. The number of nitrogens with zero attached hydrogens (tertiary/aromatic N) is 2. The van der Waals surface area contributed by atoms with E-state index in [-0.39, 0.29) is 12.6 Å². The van der Waals surface area contributed by atoms with E-state index in [1.807, 2.05) is 19.1 Å². The lowest BCUT2D eigenvalue weighted by atomic mass is 9.96. The fourth-order valence-electron chi connectivity index (χ4n) is 5.07. The summed E-state index contributed by atoms with van der Waals surface area (Å²) in [4.78, 5) is 15.7. The Morgan fingerprint density at radius 1 is 1.18 bits per heavy atom. The van der Waals surface area contributed by atoms with E-state index >= 15 is 0 Å². The minimum atomic E-state index is -0.743. The van der Waals surface area contributed by atoms with Crippen molar-refractivity contribution in [2.24, 2.45) is 0 Å². The SMILES string of the molecule is Cc1ccc([C@@H](C)Nc2cc(C3=CCN([C@H]4CCCN(CC(=O)O)C4)CC3)ccc2Cl)c(Cl)c1. The van der Waals surface area contributed by atoms with Crippen LogP contribution in [0.25, 0.3) is 5.57 Å². The highest BCUT2D eigenvalue weighted by Gasteiger charge is 2.27. The molecule has 2 N–H and O–H groups in total. The number of aliphatic carboxylic acids is 1. The molecule has 0 aromatic heterocycles. The summed E-state index contributed by atoms with van der Waals surface area (Å²) in [6, 6.07) is 12.8. The van der Waals surface area contributed by atoms with E-state index in [1.165, 1.54) is 11.1 Å². The summed E-state index contributed by atoms with van der Waals surface area (Å²) in [6.45, 7) is 7.86. The maximum atomic E-state index is 11.1. The van der Waals surface area contributed by atoms with E-state index in [0.717, 1.165) is 67.3 Å². The molecular formula is C27H33Cl2N3O2. The van der Waals surface area contributed by atoms with E-state index in [1.54, 1.807) is 0 Å². The second-order valence-corrected chi connectivity index (χ2v) is 10.3. The molecule has 1 saturated heterocycles. The number of rotatable bonds is 7. The topological polar surface area (TPSA) is 55.8 Å². The lowest BCUT2D eigenvalue weighted by molar-refractivity contribution is -0.138. The highest BCUT2D eigenvalue weighted by molar-refractivity contribution is 6.33. The van der Waals surface area contributed by atoms with Crippen molar-refractivity contribution in [3.8, 4) is 0 Å². The number of nitrogens with one attached hydrogen (secondary N) is 1. The third-order valence-electron chi connectivity index (χ3n) is 6.93. The van der Waals surface area contributed by atoms with Gasteiger partial charge in [0.25, 0.3) is 0 Å². The van der Waals surface area contributed by atoms with Crippen molar-refractivity contribution in [2.75, 3.05) is 38.0 Å². The van der Waals surface area contributed by atoms with E-state index in [9.17, 15) is 4.79 Å². The summed E-state index contributed by atoms with van der Waals surface area (Å²) in [5.74, 6) is -0.743. The molecule has 34 heavy (non-hydrogen) atoms. The average molecular weight is 502 g/mol. The van der Waals surface area contributed by atoms with Gasteiger partial charge in [-0.15, -0.1) is 0 Å². The van der Waals surface area contributed by atoms with Gasteiger partial charge in [-0.3, -0.25) is 14.6 Å². The molecule has 5 nitrogen and oxygen atoms in total. The second kappa shape index (κ2) is 11.1. The van der Waals surface area contributed by atoms with Gasteiger partial charge >= 0.3 is 5.97 Å². The first-order valence-corrected chi connectivity index (χ1v) is 12.8. The number of anilines is 1. The van der Waals surface area contributed by atoms with Gasteiger partial charge in [0.1, 0.15) is 0 Å². The molecule has 0 aliphatic carbocycles. The van der Waals surface area contributed by atoms with Crippen molar-refractivity contribution in [1.82, 2.24) is 9.80 Å². The summed E-state index contributed by atoms with van der Waals surface area (Å²) in [5, 5.41) is 14.1. The van der Waals surface area contributed by atoms with Crippen molar-refractivity contribution in [3.63, 3.8) is 0 Å². The number of benzene rings is 2. The van der Waals surface area contributed by atoms with Crippen LogP contribution in [0.5, 0.6) is 0 Å². The highest BCUT2D eigenvalue weighted by atomic mass is 35.5. The number of halogens is 2. The predicted molar refractivity (Wildman–Crippen MR) is 141 cm³/mol. The lowest BCUT2D eigenvalue weighted by Gasteiger charge is -2.40. The molecule has 0 bridgehead atoms. The lowest BCUT2D eigenvalue weighted by Crippen LogP contribution is -2.50. The van der Waals surface area contributed by atoms with Gasteiger partial charge in [-0.05, 0) is 80.1 Å². The van der Waals surface area contributed by atoms with Crippen LogP contribution in [0.1, 0.15) is 48.9 Å². The zero-order chi connectivity index (χ0) is 24.2. The number of hydrogen-bond acceptors (Lipinski definition) is 4. The van der Waals surface area contributed by atoms with E-state index in [0.29, 0.717) is 11.1 Å². The molecule has 4 rings (SSSR count). The molecule has 2 aromatic rings. The molecule has 2 heterocycles. The van der Waals surface area contributed by atoms with Gasteiger partial charge in [0.05, 0.1) is 23.3 Å². The van der Waals surface area contributed by atoms with Crippen LogP contribution in [0.4, 0.5) is 5.69 Å². The van der Waals surface area contributed by atoms with E-state index in [2.05, 4.69) is 52.4 Å². The van der Waals surface area contributed by atoms with Crippen molar-refractivity contribution >= 4 is 40.4 Å². The van der Waals surface area contributed by atoms with Gasteiger partial charge < -0.3 is 10.4 Å². The molecule has 0 radical (unpaired) electrons. The molecule has 2 atom stereocenters. The number of piperidine rings is 1. The minimum Gasteiger partial charge on any atom is -0.480 e. The zero-order valence-electron chi connectivity index (χ0n) is 19.9. The molecule has 0 spiro atoms. The Hall–Kier alpha value is -2.05. The standard InChI is InChI=1S/C27H33Cl2N3O2/c1-18-5-7-23(25(29)14-18)19(2)30-26-15-21(6-8-24(26)28)20-9-12-32(13-10-20)22-4-3-11-31(16-22)17-27(33)34/h5-9,14-15,19,22,30H,3-4,10-13,16-17H2,1-2H3,(H,33,34)/t19-,22+/m1/s1. The van der Waals surface area contributed by atoms with Crippen LogP contribution in [0, 0.1) is 6.92 Å². The maximum Gasteiger partial charge on any atom is 0.317 e. The smallest absolute Gasteiger partial charge is 0.317 e. The highest BCUT2D eigenvalue weighted by Crippen LogP contribution is 2.34. The van der Waals surface area contributed by atoms with Crippen LogP contribution >= 0.6 is 23.2 Å². The van der Waals surface area contributed by atoms with Gasteiger partial charge in [0.2, 0.25) is 0 Å². The third-order valence-corrected chi connectivity index (χ3v) is 7.58. The Morgan fingerprint density at radius 2 is 2.00 bits per heavy atom. The Kier molecular flexibility index (Phi) is 8.20. The number of carbonyl (C=O) groups is 1. The first-order chi connectivity index (χ1) is 16.3. The quantitative estimate of drug-likeness (QED) is 0.478.